The number of halogens is 3. The molecule has 0 amide bonds. The van der Waals surface area contributed by atoms with Crippen molar-refractivity contribution in [3.8, 4) is 0 Å². The lowest BCUT2D eigenvalue weighted by atomic mass is 10.3. The number of hydrogen-bond donors (Lipinski definition) is 1. The average Bonchev–Trinajstić information content (AvgIpc) is 2.33. The van der Waals surface area contributed by atoms with E-state index in [0.717, 1.165) is 0 Å². The molecule has 1 N–H and O–H groups in total. The van der Waals surface area contributed by atoms with Gasteiger partial charge in [0.25, 0.3) is 0 Å². The Balaban J connectivity index is 2.27. The summed E-state index contributed by atoms with van der Waals surface area (Å²) in [5.41, 5.74) is 0.637. The largest absolute Gasteiger partial charge is 0.340 e. The lowest BCUT2D eigenvalue weighted by Gasteiger charge is -2.07. The van der Waals surface area contributed by atoms with Gasteiger partial charge < -0.3 is 5.32 Å². The molecule has 0 bridgehead atoms. The molecule has 94 valence electrons. The molecule has 3 nitrogen and oxygen atoms in total. The minimum absolute atomic E-state index is 0.0517. The third kappa shape index (κ3) is 3.09. The summed E-state index contributed by atoms with van der Waals surface area (Å²) in [6.45, 7) is 1.93. The van der Waals surface area contributed by atoms with Gasteiger partial charge in [0.2, 0.25) is 0 Å². The van der Waals surface area contributed by atoms with Crippen molar-refractivity contribution in [1.82, 2.24) is 9.97 Å². The monoisotopic (exact) mass is 285 g/mol. The number of benzene rings is 1. The molecular weight excluding hydrogens is 276 g/mol. The predicted octanol–water partition coefficient (Wildman–Crippen LogP) is 4.23. The molecule has 0 saturated heterocycles. The van der Waals surface area contributed by atoms with E-state index >= 15 is 0 Å². The minimum Gasteiger partial charge on any atom is -0.340 e. The summed E-state index contributed by atoms with van der Waals surface area (Å²) in [5.74, 6) is 0.727. The Bertz CT molecular complexity index is 575. The molecule has 0 saturated carbocycles. The number of anilines is 2. The lowest BCUT2D eigenvalue weighted by Crippen LogP contribution is -1.99. The van der Waals surface area contributed by atoms with Crippen LogP contribution in [0.3, 0.4) is 0 Å². The number of aromatic nitrogens is 2. The summed E-state index contributed by atoms with van der Waals surface area (Å²) >= 11 is 11.6. The third-order valence-electron chi connectivity index (χ3n) is 2.25. The fourth-order valence-electron chi connectivity index (χ4n) is 1.41. The number of nitrogens with zero attached hydrogens (tertiary/aromatic N) is 2. The van der Waals surface area contributed by atoms with Crippen molar-refractivity contribution in [2.45, 2.75) is 13.3 Å². The standard InChI is InChI=1S/C12H10Cl2FN3/c1-2-11-17-10(14)6-12(18-11)16-7-3-4-9(15)8(13)5-7/h3-6H,2H2,1H3,(H,16,17,18). The van der Waals surface area contributed by atoms with Gasteiger partial charge in [0, 0.05) is 18.2 Å². The normalized spacial score (nSPS) is 10.4. The summed E-state index contributed by atoms with van der Waals surface area (Å²) in [4.78, 5) is 8.31. The summed E-state index contributed by atoms with van der Waals surface area (Å²) in [6.07, 6.45) is 0.680. The minimum atomic E-state index is -0.461. The summed E-state index contributed by atoms with van der Waals surface area (Å²) in [6, 6.07) is 5.94. The van der Waals surface area contributed by atoms with E-state index in [4.69, 9.17) is 23.2 Å². The molecule has 0 radical (unpaired) electrons. The second kappa shape index (κ2) is 5.50. The van der Waals surface area contributed by atoms with E-state index in [1.165, 1.54) is 12.1 Å². The molecule has 2 rings (SSSR count). The molecule has 0 aliphatic rings. The zero-order valence-corrected chi connectivity index (χ0v) is 11.1. The van der Waals surface area contributed by atoms with E-state index in [9.17, 15) is 4.39 Å². The maximum absolute atomic E-state index is 13.0. The van der Waals surface area contributed by atoms with Crippen LogP contribution < -0.4 is 5.32 Å². The van der Waals surface area contributed by atoms with Gasteiger partial charge in [-0.15, -0.1) is 0 Å². The highest BCUT2D eigenvalue weighted by molar-refractivity contribution is 6.31. The molecule has 0 atom stereocenters. The summed E-state index contributed by atoms with van der Waals surface area (Å²) < 4.78 is 13.0. The summed E-state index contributed by atoms with van der Waals surface area (Å²) in [5, 5.41) is 3.41. The topological polar surface area (TPSA) is 37.8 Å². The van der Waals surface area contributed by atoms with Gasteiger partial charge in [0.05, 0.1) is 5.02 Å². The van der Waals surface area contributed by atoms with Crippen molar-refractivity contribution in [2.75, 3.05) is 5.32 Å². The van der Waals surface area contributed by atoms with Crippen LogP contribution in [-0.4, -0.2) is 9.97 Å². The van der Waals surface area contributed by atoms with Gasteiger partial charge in [0.15, 0.2) is 0 Å². The van der Waals surface area contributed by atoms with Gasteiger partial charge in [-0.05, 0) is 18.2 Å². The van der Waals surface area contributed by atoms with Crippen LogP contribution in [-0.2, 0) is 6.42 Å². The summed E-state index contributed by atoms with van der Waals surface area (Å²) in [7, 11) is 0. The molecule has 2 aromatic rings. The first kappa shape index (κ1) is 13.1. The molecule has 0 spiro atoms. The zero-order chi connectivity index (χ0) is 13.1. The van der Waals surface area contributed by atoms with Crippen LogP contribution >= 0.6 is 23.2 Å². The highest BCUT2D eigenvalue weighted by Gasteiger charge is 2.04. The van der Waals surface area contributed by atoms with Gasteiger partial charge in [-0.2, -0.15) is 0 Å². The Morgan fingerprint density at radius 1 is 1.22 bits per heavy atom. The van der Waals surface area contributed by atoms with Crippen LogP contribution in [0, 0.1) is 5.82 Å². The van der Waals surface area contributed by atoms with Gasteiger partial charge in [-0.25, -0.2) is 14.4 Å². The average molecular weight is 286 g/mol. The predicted molar refractivity (Wildman–Crippen MR) is 71.1 cm³/mol. The molecule has 0 unspecified atom stereocenters. The van der Waals surface area contributed by atoms with E-state index in [1.807, 2.05) is 6.92 Å². The molecule has 1 aromatic carbocycles. The number of hydrogen-bond acceptors (Lipinski definition) is 3. The van der Waals surface area contributed by atoms with Crippen molar-refractivity contribution >= 4 is 34.7 Å². The first-order valence-corrected chi connectivity index (χ1v) is 6.09. The molecule has 0 aliphatic heterocycles. The molecule has 0 aliphatic carbocycles. The quantitative estimate of drug-likeness (QED) is 0.858. The second-order valence-corrected chi connectivity index (χ2v) is 4.39. The van der Waals surface area contributed by atoms with Crippen LogP contribution in [0.15, 0.2) is 24.3 Å². The third-order valence-corrected chi connectivity index (χ3v) is 2.73. The van der Waals surface area contributed by atoms with Gasteiger partial charge in [-0.1, -0.05) is 30.1 Å². The molecule has 6 heteroatoms. The van der Waals surface area contributed by atoms with Crippen molar-refractivity contribution < 1.29 is 4.39 Å². The number of nitrogens with one attached hydrogen (secondary N) is 1. The van der Waals surface area contributed by atoms with E-state index in [1.54, 1.807) is 12.1 Å². The van der Waals surface area contributed by atoms with Crippen molar-refractivity contribution in [2.24, 2.45) is 0 Å². The van der Waals surface area contributed by atoms with Gasteiger partial charge in [-0.3, -0.25) is 0 Å². The van der Waals surface area contributed by atoms with Gasteiger partial charge >= 0.3 is 0 Å². The van der Waals surface area contributed by atoms with Crippen LogP contribution in [0.5, 0.6) is 0 Å². The smallest absolute Gasteiger partial charge is 0.141 e. The first-order valence-electron chi connectivity index (χ1n) is 5.34. The van der Waals surface area contributed by atoms with Crippen molar-refractivity contribution in [3.05, 3.63) is 46.1 Å². The van der Waals surface area contributed by atoms with Crippen LogP contribution in [0.4, 0.5) is 15.9 Å². The van der Waals surface area contributed by atoms with Crippen molar-refractivity contribution in [1.29, 1.82) is 0 Å². The second-order valence-electron chi connectivity index (χ2n) is 3.60. The fourth-order valence-corrected chi connectivity index (χ4v) is 1.79. The lowest BCUT2D eigenvalue weighted by molar-refractivity contribution is 0.628. The highest BCUT2D eigenvalue weighted by Crippen LogP contribution is 2.23. The Kier molecular flexibility index (Phi) is 3.99. The fraction of sp³-hybridized carbons (Fsp3) is 0.167. The molecule has 18 heavy (non-hydrogen) atoms. The van der Waals surface area contributed by atoms with Crippen LogP contribution in [0.2, 0.25) is 10.2 Å². The maximum atomic E-state index is 13.0. The molecule has 0 fully saturated rings. The Hall–Kier alpha value is -1.39. The van der Waals surface area contributed by atoms with Crippen LogP contribution in [0.25, 0.3) is 0 Å². The Labute approximate surface area is 114 Å². The molecule has 1 heterocycles. The zero-order valence-electron chi connectivity index (χ0n) is 9.54. The molecular formula is C12H10Cl2FN3. The van der Waals surface area contributed by atoms with E-state index in [0.29, 0.717) is 28.9 Å². The first-order chi connectivity index (χ1) is 8.58. The van der Waals surface area contributed by atoms with Crippen molar-refractivity contribution in [3.63, 3.8) is 0 Å². The van der Waals surface area contributed by atoms with E-state index in [2.05, 4.69) is 15.3 Å². The maximum Gasteiger partial charge on any atom is 0.141 e. The Morgan fingerprint density at radius 3 is 2.67 bits per heavy atom. The highest BCUT2D eigenvalue weighted by atomic mass is 35.5. The SMILES string of the molecule is CCc1nc(Cl)cc(Nc2ccc(F)c(Cl)c2)n1. The van der Waals surface area contributed by atoms with E-state index in [-0.39, 0.29) is 5.02 Å². The Morgan fingerprint density at radius 2 is 2.00 bits per heavy atom. The van der Waals surface area contributed by atoms with Crippen LogP contribution in [0.1, 0.15) is 12.7 Å². The number of aryl methyl sites for hydroxylation is 1. The number of rotatable bonds is 3. The van der Waals surface area contributed by atoms with Gasteiger partial charge in [0.1, 0.15) is 22.6 Å². The molecule has 1 aromatic heterocycles. The van der Waals surface area contributed by atoms with E-state index < -0.39 is 5.82 Å².